The number of sulfone groups is 1. The minimum absolute atomic E-state index is 0.102. The van der Waals surface area contributed by atoms with Crippen LogP contribution in [-0.4, -0.2) is 38.6 Å². The Morgan fingerprint density at radius 1 is 1.24 bits per heavy atom. The number of benzene rings is 1. The summed E-state index contributed by atoms with van der Waals surface area (Å²) in [5, 5.41) is 5.20. The zero-order valence-corrected chi connectivity index (χ0v) is 12.4. The van der Waals surface area contributed by atoms with Crippen molar-refractivity contribution >= 4 is 21.7 Å². The summed E-state index contributed by atoms with van der Waals surface area (Å²) in [5.41, 5.74) is 0. The van der Waals surface area contributed by atoms with Crippen LogP contribution in [0.15, 0.2) is 35.2 Å². The first-order valence-electron chi connectivity index (χ1n) is 6.84. The highest BCUT2D eigenvalue weighted by atomic mass is 32.2. The van der Waals surface area contributed by atoms with Gasteiger partial charge >= 0.3 is 0 Å². The molecule has 2 amide bonds. The molecule has 1 unspecified atom stereocenters. The van der Waals surface area contributed by atoms with Gasteiger partial charge in [-0.3, -0.25) is 9.59 Å². The van der Waals surface area contributed by atoms with Gasteiger partial charge in [0, 0.05) is 6.54 Å². The maximum absolute atomic E-state index is 12.1. The first-order chi connectivity index (χ1) is 9.99. The van der Waals surface area contributed by atoms with Crippen LogP contribution in [0.4, 0.5) is 0 Å². The topological polar surface area (TPSA) is 92.3 Å². The van der Waals surface area contributed by atoms with Crippen LogP contribution in [0.5, 0.6) is 0 Å². The molecule has 7 heteroatoms. The molecule has 1 aliphatic heterocycles. The van der Waals surface area contributed by atoms with Crippen molar-refractivity contribution < 1.29 is 18.0 Å². The van der Waals surface area contributed by atoms with Gasteiger partial charge in [0.2, 0.25) is 11.8 Å². The number of hydrogen-bond donors (Lipinski definition) is 2. The molecule has 0 saturated carbocycles. The highest BCUT2D eigenvalue weighted by Crippen LogP contribution is 2.10. The average Bonchev–Trinajstić information content (AvgIpc) is 2.64. The lowest BCUT2D eigenvalue weighted by atomic mass is 10.1. The van der Waals surface area contributed by atoms with Gasteiger partial charge in [-0.2, -0.15) is 0 Å². The van der Waals surface area contributed by atoms with Crippen molar-refractivity contribution in [2.45, 2.75) is 30.2 Å². The van der Waals surface area contributed by atoms with Gasteiger partial charge in [0.25, 0.3) is 0 Å². The molecule has 6 nitrogen and oxygen atoms in total. The standard InChI is InChI=1S/C14H18N2O4S/c17-13(16-12-8-4-5-9-15-14(12)18)10-21(19,20)11-6-2-1-3-7-11/h1-3,6-7,12H,4-5,8-10H2,(H,15,18)(H,16,17). The summed E-state index contributed by atoms with van der Waals surface area (Å²) >= 11 is 0. The number of nitrogens with one attached hydrogen (secondary N) is 2. The fourth-order valence-electron chi connectivity index (χ4n) is 2.20. The SMILES string of the molecule is O=C(CS(=O)(=O)c1ccccc1)NC1CCCCNC1=O. The quantitative estimate of drug-likeness (QED) is 0.833. The molecule has 21 heavy (non-hydrogen) atoms. The maximum atomic E-state index is 12.1. The average molecular weight is 310 g/mol. The summed E-state index contributed by atoms with van der Waals surface area (Å²) in [7, 11) is -3.68. The summed E-state index contributed by atoms with van der Waals surface area (Å²) in [6.45, 7) is 0.591. The number of carbonyl (C=O) groups excluding carboxylic acids is 2. The predicted molar refractivity (Wildman–Crippen MR) is 77.3 cm³/mol. The Balaban J connectivity index is 1.99. The van der Waals surface area contributed by atoms with Gasteiger partial charge in [-0.25, -0.2) is 8.42 Å². The molecule has 2 N–H and O–H groups in total. The van der Waals surface area contributed by atoms with Crippen LogP contribution in [-0.2, 0) is 19.4 Å². The van der Waals surface area contributed by atoms with Gasteiger partial charge in [0.1, 0.15) is 11.8 Å². The first kappa shape index (κ1) is 15.5. The van der Waals surface area contributed by atoms with Crippen molar-refractivity contribution in [3.8, 4) is 0 Å². The number of rotatable bonds is 4. The van der Waals surface area contributed by atoms with E-state index in [1.807, 2.05) is 0 Å². The Bertz CT molecular complexity index is 613. The van der Waals surface area contributed by atoms with E-state index in [-0.39, 0.29) is 10.8 Å². The summed E-state index contributed by atoms with van der Waals surface area (Å²) in [6, 6.07) is 7.15. The maximum Gasteiger partial charge on any atom is 0.242 e. The van der Waals surface area contributed by atoms with Crippen LogP contribution in [0, 0.1) is 0 Å². The highest BCUT2D eigenvalue weighted by molar-refractivity contribution is 7.92. The molecule has 0 radical (unpaired) electrons. The van der Waals surface area contributed by atoms with Crippen molar-refractivity contribution in [2.24, 2.45) is 0 Å². The van der Waals surface area contributed by atoms with Crippen molar-refractivity contribution in [2.75, 3.05) is 12.3 Å². The van der Waals surface area contributed by atoms with E-state index < -0.39 is 27.5 Å². The molecule has 0 spiro atoms. The van der Waals surface area contributed by atoms with Crippen molar-refractivity contribution in [1.82, 2.24) is 10.6 Å². The zero-order valence-electron chi connectivity index (χ0n) is 11.5. The van der Waals surface area contributed by atoms with E-state index in [4.69, 9.17) is 0 Å². The molecule has 1 heterocycles. The zero-order chi connectivity index (χ0) is 15.3. The van der Waals surface area contributed by atoms with Gasteiger partial charge in [-0.1, -0.05) is 18.2 Å². The van der Waals surface area contributed by atoms with Crippen molar-refractivity contribution in [1.29, 1.82) is 0 Å². The van der Waals surface area contributed by atoms with Crippen LogP contribution in [0.3, 0.4) is 0 Å². The lowest BCUT2D eigenvalue weighted by Gasteiger charge is -2.15. The molecule has 1 aromatic rings. The van der Waals surface area contributed by atoms with Crippen LogP contribution in [0.2, 0.25) is 0 Å². The van der Waals surface area contributed by atoms with Gasteiger partial charge in [-0.15, -0.1) is 0 Å². The lowest BCUT2D eigenvalue weighted by molar-refractivity contribution is -0.127. The number of amides is 2. The summed E-state index contributed by atoms with van der Waals surface area (Å²) in [6.07, 6.45) is 2.21. The third-order valence-corrected chi connectivity index (χ3v) is 4.93. The molecular formula is C14H18N2O4S. The smallest absolute Gasteiger partial charge is 0.242 e. The van der Waals surface area contributed by atoms with Gasteiger partial charge < -0.3 is 10.6 Å². The molecular weight excluding hydrogens is 292 g/mol. The number of hydrogen-bond acceptors (Lipinski definition) is 4. The Hall–Kier alpha value is -1.89. The van der Waals surface area contributed by atoms with E-state index >= 15 is 0 Å². The highest BCUT2D eigenvalue weighted by Gasteiger charge is 2.25. The molecule has 0 bridgehead atoms. The third kappa shape index (κ3) is 4.29. The van der Waals surface area contributed by atoms with Crippen LogP contribution >= 0.6 is 0 Å². The van der Waals surface area contributed by atoms with E-state index in [1.165, 1.54) is 12.1 Å². The Labute approximate surface area is 123 Å². The molecule has 114 valence electrons. The molecule has 1 aliphatic rings. The number of carbonyl (C=O) groups is 2. The fraction of sp³-hybridized carbons (Fsp3) is 0.429. The van der Waals surface area contributed by atoms with Crippen molar-refractivity contribution in [3.05, 3.63) is 30.3 Å². The fourth-order valence-corrected chi connectivity index (χ4v) is 3.36. The van der Waals surface area contributed by atoms with Gasteiger partial charge in [-0.05, 0) is 31.4 Å². The molecule has 0 aromatic heterocycles. The van der Waals surface area contributed by atoms with Crippen LogP contribution in [0.25, 0.3) is 0 Å². The Kier molecular flexibility index (Phi) is 4.95. The van der Waals surface area contributed by atoms with Crippen molar-refractivity contribution in [3.63, 3.8) is 0 Å². The Morgan fingerprint density at radius 3 is 2.67 bits per heavy atom. The Morgan fingerprint density at radius 2 is 1.95 bits per heavy atom. The second-order valence-corrected chi connectivity index (χ2v) is 6.97. The molecule has 1 fully saturated rings. The second-order valence-electron chi connectivity index (χ2n) is 4.98. The summed E-state index contributed by atoms with van der Waals surface area (Å²) in [4.78, 5) is 23.7. The normalized spacial score (nSPS) is 19.4. The van der Waals surface area contributed by atoms with E-state index in [0.29, 0.717) is 13.0 Å². The van der Waals surface area contributed by atoms with Gasteiger partial charge in [0.05, 0.1) is 4.90 Å². The predicted octanol–water partition coefficient (Wildman–Crippen LogP) is 0.245. The van der Waals surface area contributed by atoms with Crippen LogP contribution < -0.4 is 10.6 Å². The van der Waals surface area contributed by atoms with E-state index in [1.54, 1.807) is 18.2 Å². The summed E-state index contributed by atoms with van der Waals surface area (Å²) < 4.78 is 24.1. The molecule has 0 aliphatic carbocycles. The van der Waals surface area contributed by atoms with Gasteiger partial charge in [0.15, 0.2) is 9.84 Å². The molecule has 1 atom stereocenters. The lowest BCUT2D eigenvalue weighted by Crippen LogP contribution is -2.47. The molecule has 2 rings (SSSR count). The van der Waals surface area contributed by atoms with E-state index in [2.05, 4.69) is 10.6 Å². The summed E-state index contributed by atoms with van der Waals surface area (Å²) in [5.74, 6) is -1.56. The van der Waals surface area contributed by atoms with E-state index in [9.17, 15) is 18.0 Å². The minimum atomic E-state index is -3.68. The van der Waals surface area contributed by atoms with Crippen LogP contribution in [0.1, 0.15) is 19.3 Å². The monoisotopic (exact) mass is 310 g/mol. The third-order valence-electron chi connectivity index (χ3n) is 3.29. The first-order valence-corrected chi connectivity index (χ1v) is 8.49. The largest absolute Gasteiger partial charge is 0.354 e. The molecule has 1 aromatic carbocycles. The minimum Gasteiger partial charge on any atom is -0.354 e. The molecule has 1 saturated heterocycles. The van der Waals surface area contributed by atoms with E-state index in [0.717, 1.165) is 12.8 Å². The second kappa shape index (κ2) is 6.71.